The van der Waals surface area contributed by atoms with E-state index in [4.69, 9.17) is 0 Å². The molecule has 1 N–H and O–H groups in total. The Kier molecular flexibility index (Phi) is 4.10. The van der Waals surface area contributed by atoms with Crippen LogP contribution in [0.3, 0.4) is 0 Å². The molecular weight excluding hydrogens is 290 g/mol. The number of anilines is 1. The first-order valence-corrected chi connectivity index (χ1v) is 7.73. The number of nitro groups is 1. The number of hydrazone groups is 1. The van der Waals surface area contributed by atoms with Crippen molar-refractivity contribution >= 4 is 17.1 Å². The molecule has 23 heavy (non-hydrogen) atoms. The number of aryl methyl sites for hydroxylation is 2. The van der Waals surface area contributed by atoms with E-state index in [2.05, 4.69) is 36.5 Å². The first-order valence-electron chi connectivity index (χ1n) is 7.73. The molecule has 0 spiro atoms. The van der Waals surface area contributed by atoms with Crippen molar-refractivity contribution in [3.8, 4) is 0 Å². The molecule has 5 heteroatoms. The van der Waals surface area contributed by atoms with Crippen LogP contribution in [0.1, 0.15) is 35.1 Å². The van der Waals surface area contributed by atoms with E-state index in [-0.39, 0.29) is 5.69 Å². The summed E-state index contributed by atoms with van der Waals surface area (Å²) in [6.07, 6.45) is 2.99. The summed E-state index contributed by atoms with van der Waals surface area (Å²) >= 11 is 0. The minimum Gasteiger partial charge on any atom is -0.271 e. The Morgan fingerprint density at radius 3 is 2.74 bits per heavy atom. The van der Waals surface area contributed by atoms with Gasteiger partial charge in [0.1, 0.15) is 5.69 Å². The standard InChI is InChI=1S/C18H19N3O2/c1-12-10-13(2)14-6-5-8-16(15(14)11-12)19-20-17-7-3-4-9-18(17)21(22)23/h3-4,7,9-11,20H,5-6,8H2,1-2H3/b19-16-. The van der Waals surface area contributed by atoms with E-state index in [0.717, 1.165) is 25.0 Å². The molecule has 0 saturated heterocycles. The highest BCUT2D eigenvalue weighted by Crippen LogP contribution is 2.27. The van der Waals surface area contributed by atoms with Crippen LogP contribution < -0.4 is 5.43 Å². The second kappa shape index (κ2) is 6.20. The SMILES string of the molecule is Cc1cc(C)c2c(c1)/C(=N\Nc1ccccc1[N+](=O)[O-])CCC2. The van der Waals surface area contributed by atoms with Crippen molar-refractivity contribution in [1.82, 2.24) is 0 Å². The van der Waals surface area contributed by atoms with Crippen molar-refractivity contribution in [3.63, 3.8) is 0 Å². The normalized spacial score (nSPS) is 15.3. The fourth-order valence-electron chi connectivity index (χ4n) is 3.13. The Morgan fingerprint density at radius 2 is 1.96 bits per heavy atom. The molecular formula is C18H19N3O2. The first-order chi connectivity index (χ1) is 11.1. The number of fused-ring (bicyclic) bond motifs is 1. The summed E-state index contributed by atoms with van der Waals surface area (Å²) in [7, 11) is 0. The van der Waals surface area contributed by atoms with Crippen LogP contribution in [0.15, 0.2) is 41.5 Å². The number of para-hydroxylation sites is 2. The van der Waals surface area contributed by atoms with Crippen LogP contribution in [-0.2, 0) is 6.42 Å². The molecule has 0 saturated carbocycles. The number of nitrogens with one attached hydrogen (secondary N) is 1. The minimum atomic E-state index is -0.397. The van der Waals surface area contributed by atoms with E-state index < -0.39 is 4.92 Å². The van der Waals surface area contributed by atoms with Crippen LogP contribution in [0.2, 0.25) is 0 Å². The van der Waals surface area contributed by atoms with Gasteiger partial charge in [0, 0.05) is 11.6 Å². The van der Waals surface area contributed by atoms with E-state index in [1.165, 1.54) is 28.3 Å². The zero-order valence-corrected chi connectivity index (χ0v) is 13.3. The summed E-state index contributed by atoms with van der Waals surface area (Å²) in [5.74, 6) is 0. The Hall–Kier alpha value is -2.69. The van der Waals surface area contributed by atoms with Crippen LogP contribution in [0.25, 0.3) is 0 Å². The zero-order valence-electron chi connectivity index (χ0n) is 13.3. The summed E-state index contributed by atoms with van der Waals surface area (Å²) in [6, 6.07) is 10.9. The van der Waals surface area contributed by atoms with Gasteiger partial charge in [-0.25, -0.2) is 0 Å². The maximum absolute atomic E-state index is 11.1. The van der Waals surface area contributed by atoms with E-state index in [0.29, 0.717) is 5.69 Å². The van der Waals surface area contributed by atoms with Gasteiger partial charge in [-0.05, 0) is 56.4 Å². The fraction of sp³-hybridized carbons (Fsp3) is 0.278. The topological polar surface area (TPSA) is 67.5 Å². The maximum atomic E-state index is 11.1. The molecule has 5 nitrogen and oxygen atoms in total. The number of hydrogen-bond acceptors (Lipinski definition) is 4. The molecule has 0 amide bonds. The lowest BCUT2D eigenvalue weighted by Gasteiger charge is -2.21. The molecule has 1 aliphatic carbocycles. The van der Waals surface area contributed by atoms with Gasteiger partial charge in [-0.3, -0.25) is 15.5 Å². The smallest absolute Gasteiger partial charge is 0.271 e. The molecule has 2 aromatic carbocycles. The molecule has 0 aliphatic heterocycles. The lowest BCUT2D eigenvalue weighted by molar-refractivity contribution is -0.384. The van der Waals surface area contributed by atoms with Crippen molar-refractivity contribution in [2.24, 2.45) is 5.10 Å². The summed E-state index contributed by atoms with van der Waals surface area (Å²) in [5, 5.41) is 15.6. The first kappa shape index (κ1) is 15.2. The molecule has 0 unspecified atom stereocenters. The molecule has 0 radical (unpaired) electrons. The van der Waals surface area contributed by atoms with Gasteiger partial charge in [0.25, 0.3) is 5.69 Å². The predicted octanol–water partition coefficient (Wildman–Crippen LogP) is 4.36. The lowest BCUT2D eigenvalue weighted by atomic mass is 9.86. The van der Waals surface area contributed by atoms with Gasteiger partial charge >= 0.3 is 0 Å². The monoisotopic (exact) mass is 309 g/mol. The second-order valence-electron chi connectivity index (χ2n) is 5.91. The summed E-state index contributed by atoms with van der Waals surface area (Å²) in [4.78, 5) is 10.7. The highest BCUT2D eigenvalue weighted by molar-refractivity contribution is 6.03. The number of benzene rings is 2. The van der Waals surface area contributed by atoms with E-state index >= 15 is 0 Å². The zero-order chi connectivity index (χ0) is 16.4. The number of nitrogens with zero attached hydrogens (tertiary/aromatic N) is 2. The Labute approximate surface area is 135 Å². The largest absolute Gasteiger partial charge is 0.294 e. The van der Waals surface area contributed by atoms with E-state index in [9.17, 15) is 10.1 Å². The molecule has 0 bridgehead atoms. The fourth-order valence-corrected chi connectivity index (χ4v) is 3.13. The highest BCUT2D eigenvalue weighted by Gasteiger charge is 2.18. The van der Waals surface area contributed by atoms with Gasteiger partial charge in [-0.1, -0.05) is 23.8 Å². The van der Waals surface area contributed by atoms with Gasteiger partial charge in [-0.2, -0.15) is 5.10 Å². The van der Waals surface area contributed by atoms with Gasteiger partial charge < -0.3 is 0 Å². The average Bonchev–Trinajstić information content (AvgIpc) is 2.53. The Morgan fingerprint density at radius 1 is 1.17 bits per heavy atom. The van der Waals surface area contributed by atoms with Crippen LogP contribution >= 0.6 is 0 Å². The van der Waals surface area contributed by atoms with Crippen molar-refractivity contribution in [1.29, 1.82) is 0 Å². The van der Waals surface area contributed by atoms with Crippen LogP contribution in [0.5, 0.6) is 0 Å². The third kappa shape index (κ3) is 3.08. The number of nitro benzene ring substituents is 1. The third-order valence-corrected chi connectivity index (χ3v) is 4.18. The van der Waals surface area contributed by atoms with Crippen LogP contribution in [-0.4, -0.2) is 10.6 Å². The number of rotatable bonds is 3. The molecule has 0 aromatic heterocycles. The quantitative estimate of drug-likeness (QED) is 0.676. The van der Waals surface area contributed by atoms with Gasteiger partial charge in [0.05, 0.1) is 10.6 Å². The van der Waals surface area contributed by atoms with Gasteiger partial charge in [0.2, 0.25) is 0 Å². The van der Waals surface area contributed by atoms with Crippen LogP contribution in [0, 0.1) is 24.0 Å². The highest BCUT2D eigenvalue weighted by atomic mass is 16.6. The summed E-state index contributed by atoms with van der Waals surface area (Å²) in [6.45, 7) is 4.21. The summed E-state index contributed by atoms with van der Waals surface area (Å²) < 4.78 is 0. The van der Waals surface area contributed by atoms with Gasteiger partial charge in [0.15, 0.2) is 0 Å². The van der Waals surface area contributed by atoms with Crippen molar-refractivity contribution in [2.45, 2.75) is 33.1 Å². The molecule has 0 fully saturated rings. The lowest BCUT2D eigenvalue weighted by Crippen LogP contribution is -2.15. The average molecular weight is 309 g/mol. The van der Waals surface area contributed by atoms with E-state index in [1.807, 2.05) is 0 Å². The second-order valence-corrected chi connectivity index (χ2v) is 5.91. The number of hydrogen-bond donors (Lipinski definition) is 1. The maximum Gasteiger partial charge on any atom is 0.294 e. The predicted molar refractivity (Wildman–Crippen MR) is 92.1 cm³/mol. The molecule has 0 heterocycles. The van der Waals surface area contributed by atoms with Crippen molar-refractivity contribution in [2.75, 3.05) is 5.43 Å². The molecule has 0 atom stereocenters. The third-order valence-electron chi connectivity index (χ3n) is 4.18. The van der Waals surface area contributed by atoms with E-state index in [1.54, 1.807) is 18.2 Å². The molecule has 1 aliphatic rings. The van der Waals surface area contributed by atoms with Gasteiger partial charge in [-0.15, -0.1) is 0 Å². The molecule has 118 valence electrons. The summed E-state index contributed by atoms with van der Waals surface area (Å²) in [5.41, 5.74) is 9.32. The Balaban J connectivity index is 1.96. The Bertz CT molecular complexity index is 797. The molecule has 2 aromatic rings. The minimum absolute atomic E-state index is 0.0355. The van der Waals surface area contributed by atoms with Crippen LogP contribution in [0.4, 0.5) is 11.4 Å². The molecule has 3 rings (SSSR count). The van der Waals surface area contributed by atoms with Crippen molar-refractivity contribution in [3.05, 3.63) is 68.8 Å². The van der Waals surface area contributed by atoms with Crippen molar-refractivity contribution < 1.29 is 4.92 Å².